The summed E-state index contributed by atoms with van der Waals surface area (Å²) in [6.45, 7) is 8.56. The molecule has 1 amide bonds. The minimum Gasteiger partial charge on any atom is -0.463 e. The van der Waals surface area contributed by atoms with E-state index in [1.54, 1.807) is 12.4 Å². The van der Waals surface area contributed by atoms with E-state index >= 15 is 0 Å². The third-order valence-electron chi connectivity index (χ3n) is 5.41. The number of nitrogens with one attached hydrogen (secondary N) is 1. The van der Waals surface area contributed by atoms with Crippen LogP contribution in [0.15, 0.2) is 29.7 Å². The highest BCUT2D eigenvalue weighted by molar-refractivity contribution is 7.99. The molecule has 0 aliphatic carbocycles. The van der Waals surface area contributed by atoms with E-state index in [0.29, 0.717) is 11.0 Å². The molecule has 5 atom stereocenters. The Morgan fingerprint density at radius 2 is 1.63 bits per heavy atom. The Morgan fingerprint density at radius 3 is 2.18 bits per heavy atom. The van der Waals surface area contributed by atoms with Gasteiger partial charge in [0, 0.05) is 51.7 Å². The summed E-state index contributed by atoms with van der Waals surface area (Å²) in [5, 5.41) is 11.9. The average Bonchev–Trinajstić information content (AvgIpc) is 3.25. The molecule has 1 aliphatic rings. The Balaban J connectivity index is 2.05. The second kappa shape index (κ2) is 12.8. The van der Waals surface area contributed by atoms with Gasteiger partial charge in [-0.1, -0.05) is 11.8 Å². The van der Waals surface area contributed by atoms with E-state index in [4.69, 9.17) is 18.9 Å². The summed E-state index contributed by atoms with van der Waals surface area (Å²) >= 11 is 1.14. The van der Waals surface area contributed by atoms with Gasteiger partial charge in [0.05, 0.1) is 0 Å². The Kier molecular flexibility index (Phi) is 9.80. The number of aromatic nitrogens is 4. The molecule has 3 rings (SSSR count). The van der Waals surface area contributed by atoms with Crippen LogP contribution in [0, 0.1) is 0 Å². The topological polar surface area (TPSA) is 161 Å². The molecule has 0 spiro atoms. The maximum Gasteiger partial charge on any atom is 0.303 e. The fourth-order valence-corrected chi connectivity index (χ4v) is 5.29. The Hall–Kier alpha value is -3.52. The molecule has 3 heterocycles. The number of nitrogens with zero attached hydrogens (tertiary/aromatic N) is 4. The molecular formula is C24H31N5O8S. The number of carbonyl (C=O) groups is 4. The number of ether oxygens (including phenoxy) is 4. The van der Waals surface area contributed by atoms with Gasteiger partial charge in [-0.3, -0.25) is 28.7 Å². The van der Waals surface area contributed by atoms with Crippen molar-refractivity contribution < 1.29 is 38.1 Å². The van der Waals surface area contributed by atoms with Crippen LogP contribution in [0.25, 0.3) is 11.4 Å². The van der Waals surface area contributed by atoms with Crippen molar-refractivity contribution in [2.75, 3.05) is 6.61 Å². The molecule has 0 bridgehead atoms. The van der Waals surface area contributed by atoms with Gasteiger partial charge in [-0.2, -0.15) is 0 Å². The number of pyridine rings is 1. The number of hydrogen-bond acceptors (Lipinski definition) is 12. The summed E-state index contributed by atoms with van der Waals surface area (Å²) in [5.74, 6) is -1.73. The van der Waals surface area contributed by atoms with Crippen LogP contribution in [0.1, 0.15) is 47.6 Å². The fourth-order valence-electron chi connectivity index (χ4n) is 4.02. The molecule has 2 aromatic heterocycles. The number of amides is 1. The molecule has 1 saturated heterocycles. The van der Waals surface area contributed by atoms with Crippen LogP contribution in [0.3, 0.4) is 0 Å². The smallest absolute Gasteiger partial charge is 0.303 e. The van der Waals surface area contributed by atoms with Crippen LogP contribution >= 0.6 is 11.8 Å². The molecule has 0 aromatic carbocycles. The van der Waals surface area contributed by atoms with Crippen molar-refractivity contribution >= 4 is 35.6 Å². The van der Waals surface area contributed by atoms with Gasteiger partial charge in [-0.25, -0.2) is 0 Å². The van der Waals surface area contributed by atoms with Crippen LogP contribution in [0.4, 0.5) is 0 Å². The van der Waals surface area contributed by atoms with E-state index in [1.807, 2.05) is 30.5 Å². The summed E-state index contributed by atoms with van der Waals surface area (Å²) in [4.78, 5) is 51.8. The lowest BCUT2D eigenvalue weighted by molar-refractivity contribution is -0.211. The fraction of sp³-hybridized carbons (Fsp3) is 0.542. The molecule has 0 radical (unpaired) electrons. The van der Waals surface area contributed by atoms with Crippen LogP contribution in [0.5, 0.6) is 0 Å². The summed E-state index contributed by atoms with van der Waals surface area (Å²) in [5.41, 5.74) is -0.0981. The highest BCUT2D eigenvalue weighted by Crippen LogP contribution is 2.37. The van der Waals surface area contributed by atoms with Crippen molar-refractivity contribution in [1.29, 1.82) is 0 Å². The molecule has 206 valence electrons. The zero-order valence-corrected chi connectivity index (χ0v) is 22.8. The first-order valence-electron chi connectivity index (χ1n) is 11.9. The third-order valence-corrected chi connectivity index (χ3v) is 6.54. The number of carbonyl (C=O) groups excluding carboxylic acids is 4. The van der Waals surface area contributed by atoms with E-state index < -0.39 is 53.6 Å². The van der Waals surface area contributed by atoms with Crippen LogP contribution in [0.2, 0.25) is 0 Å². The molecule has 14 heteroatoms. The van der Waals surface area contributed by atoms with E-state index in [-0.39, 0.29) is 12.6 Å². The number of esters is 3. The van der Waals surface area contributed by atoms with Gasteiger partial charge in [-0.15, -0.1) is 10.2 Å². The number of hydrogen-bond donors (Lipinski definition) is 1. The summed E-state index contributed by atoms with van der Waals surface area (Å²) < 4.78 is 24.3. The highest BCUT2D eigenvalue weighted by atomic mass is 32.2. The second-order valence-corrected chi connectivity index (χ2v) is 9.91. The van der Waals surface area contributed by atoms with Crippen molar-refractivity contribution in [2.24, 2.45) is 0 Å². The summed E-state index contributed by atoms with van der Waals surface area (Å²) in [6, 6.07) is 2.60. The van der Waals surface area contributed by atoms with Gasteiger partial charge in [0.25, 0.3) is 0 Å². The molecule has 1 fully saturated rings. The van der Waals surface area contributed by atoms with Crippen molar-refractivity contribution in [2.45, 2.75) is 82.5 Å². The number of rotatable bonds is 9. The van der Waals surface area contributed by atoms with E-state index in [9.17, 15) is 19.2 Å². The summed E-state index contributed by atoms with van der Waals surface area (Å²) in [7, 11) is 0. The maximum absolute atomic E-state index is 12.2. The van der Waals surface area contributed by atoms with Gasteiger partial charge in [0.2, 0.25) is 5.91 Å². The largest absolute Gasteiger partial charge is 0.463 e. The first kappa shape index (κ1) is 29.0. The molecule has 1 N–H and O–H groups in total. The van der Waals surface area contributed by atoms with Gasteiger partial charge in [-0.05, 0) is 26.0 Å². The first-order chi connectivity index (χ1) is 18.0. The Labute approximate surface area is 224 Å². The van der Waals surface area contributed by atoms with Gasteiger partial charge in [0.15, 0.2) is 23.2 Å². The Morgan fingerprint density at radius 1 is 1.00 bits per heavy atom. The van der Waals surface area contributed by atoms with Gasteiger partial charge in [0.1, 0.15) is 24.2 Å². The lowest BCUT2D eigenvalue weighted by atomic mass is 9.97. The van der Waals surface area contributed by atoms with Crippen LogP contribution < -0.4 is 5.32 Å². The predicted molar refractivity (Wildman–Crippen MR) is 134 cm³/mol. The molecule has 0 unspecified atom stereocenters. The third kappa shape index (κ3) is 7.28. The summed E-state index contributed by atoms with van der Waals surface area (Å²) in [6.07, 6.45) is -0.0274. The average molecular weight is 550 g/mol. The lowest BCUT2D eigenvalue weighted by Gasteiger charge is -2.44. The molecule has 13 nitrogen and oxygen atoms in total. The normalized spacial score (nSPS) is 23.0. The lowest BCUT2D eigenvalue weighted by Crippen LogP contribution is -2.65. The zero-order valence-electron chi connectivity index (χ0n) is 21.9. The second-order valence-electron chi connectivity index (χ2n) is 8.84. The SMILES string of the molecule is CC(=O)N[C@@H]1[C@@H](OC(C)=O)[C@H](OC(C)=O)[C@@H](COC(C)=O)O[C@H]1Sc1nnc(-c2ccncc2)n1C(C)C. The van der Waals surface area contributed by atoms with Crippen molar-refractivity contribution in [3.05, 3.63) is 24.5 Å². The molecule has 38 heavy (non-hydrogen) atoms. The monoisotopic (exact) mass is 549 g/mol. The molecular weight excluding hydrogens is 518 g/mol. The van der Waals surface area contributed by atoms with Gasteiger partial charge < -0.3 is 24.3 Å². The van der Waals surface area contributed by atoms with Crippen LogP contribution in [-0.2, 0) is 38.1 Å². The zero-order chi connectivity index (χ0) is 28.0. The highest BCUT2D eigenvalue weighted by Gasteiger charge is 2.51. The quantitative estimate of drug-likeness (QED) is 0.356. The van der Waals surface area contributed by atoms with Crippen molar-refractivity contribution in [3.8, 4) is 11.4 Å². The predicted octanol–water partition coefficient (Wildman–Crippen LogP) is 1.67. The van der Waals surface area contributed by atoms with Gasteiger partial charge >= 0.3 is 17.9 Å². The maximum atomic E-state index is 12.2. The molecule has 0 saturated carbocycles. The van der Waals surface area contributed by atoms with E-state index in [2.05, 4.69) is 20.5 Å². The minimum absolute atomic E-state index is 0.0617. The Bertz CT molecular complexity index is 1160. The van der Waals surface area contributed by atoms with Crippen LogP contribution in [-0.4, -0.2) is 80.0 Å². The number of thioether (sulfide) groups is 1. The van der Waals surface area contributed by atoms with Crippen molar-refractivity contribution in [3.63, 3.8) is 0 Å². The minimum atomic E-state index is -1.17. The van der Waals surface area contributed by atoms with E-state index in [0.717, 1.165) is 17.3 Å². The standard InChI is InChI=1S/C24H31N5O8S/c1-12(2)29-22(17-7-9-25-10-8-17)27-28-24(29)38-23-19(26-13(3)30)21(36-16(6)33)20(35-15(5)32)18(37-23)11-34-14(4)31/h7-10,12,18-21,23H,11H2,1-6H3,(H,26,30)/t18-,19-,20-,21-,23+/m1/s1. The van der Waals surface area contributed by atoms with E-state index in [1.165, 1.54) is 27.7 Å². The van der Waals surface area contributed by atoms with Crippen molar-refractivity contribution in [1.82, 2.24) is 25.1 Å². The molecule has 2 aromatic rings. The molecule has 1 aliphatic heterocycles. The first-order valence-corrected chi connectivity index (χ1v) is 12.8.